The Bertz CT molecular complexity index is 1060. The van der Waals surface area contributed by atoms with Crippen LogP contribution in [0.3, 0.4) is 0 Å². The highest BCUT2D eigenvalue weighted by atomic mass is 19.1. The van der Waals surface area contributed by atoms with Crippen molar-refractivity contribution in [1.82, 2.24) is 15.3 Å². The first-order chi connectivity index (χ1) is 15.1. The summed E-state index contributed by atoms with van der Waals surface area (Å²) in [6.07, 6.45) is 3.16. The molecule has 1 fully saturated rings. The van der Waals surface area contributed by atoms with Crippen LogP contribution in [0.1, 0.15) is 15.9 Å². The van der Waals surface area contributed by atoms with Gasteiger partial charge in [0.25, 0.3) is 11.8 Å². The normalized spacial score (nSPS) is 13.7. The van der Waals surface area contributed by atoms with Gasteiger partial charge in [-0.05, 0) is 30.3 Å². The lowest BCUT2D eigenvalue weighted by molar-refractivity contribution is 0.0950. The van der Waals surface area contributed by atoms with E-state index in [4.69, 9.17) is 9.47 Å². The molecule has 1 N–H and O–H groups in total. The van der Waals surface area contributed by atoms with Gasteiger partial charge >= 0.3 is 0 Å². The van der Waals surface area contributed by atoms with E-state index in [1.807, 2.05) is 4.90 Å². The van der Waals surface area contributed by atoms with Gasteiger partial charge in [0.05, 0.1) is 13.2 Å². The monoisotopic (exact) mass is 426 g/mol. The van der Waals surface area contributed by atoms with Crippen LogP contribution in [-0.2, 0) is 11.3 Å². The van der Waals surface area contributed by atoms with Crippen molar-refractivity contribution >= 4 is 11.7 Å². The van der Waals surface area contributed by atoms with Crippen molar-refractivity contribution in [2.45, 2.75) is 6.54 Å². The summed E-state index contributed by atoms with van der Waals surface area (Å²) < 4.78 is 37.9. The molecular weight excluding hydrogens is 406 g/mol. The van der Waals surface area contributed by atoms with Gasteiger partial charge in [-0.3, -0.25) is 4.79 Å². The molecule has 7 nitrogen and oxygen atoms in total. The molecule has 2 heterocycles. The number of morpholine rings is 1. The first-order valence-electron chi connectivity index (χ1n) is 9.74. The van der Waals surface area contributed by atoms with E-state index >= 15 is 0 Å². The number of hydrogen-bond acceptors (Lipinski definition) is 6. The molecule has 9 heteroatoms. The van der Waals surface area contributed by atoms with Crippen LogP contribution in [0.4, 0.5) is 14.6 Å². The third-order valence-corrected chi connectivity index (χ3v) is 4.74. The van der Waals surface area contributed by atoms with Gasteiger partial charge in [0.1, 0.15) is 17.4 Å². The Balaban J connectivity index is 1.40. The first-order valence-corrected chi connectivity index (χ1v) is 9.74. The van der Waals surface area contributed by atoms with Crippen LogP contribution < -0.4 is 15.0 Å². The molecule has 1 aliphatic rings. The second-order valence-electron chi connectivity index (χ2n) is 6.83. The summed E-state index contributed by atoms with van der Waals surface area (Å²) in [5, 5.41) is 2.61. The zero-order valence-electron chi connectivity index (χ0n) is 16.6. The number of carbonyl (C=O) groups excluding carboxylic acids is 1. The van der Waals surface area contributed by atoms with Gasteiger partial charge in [-0.15, -0.1) is 0 Å². The lowest BCUT2D eigenvalue weighted by atomic mass is 10.1. The number of carbonyl (C=O) groups is 1. The van der Waals surface area contributed by atoms with Gasteiger partial charge in [-0.1, -0.05) is 6.07 Å². The van der Waals surface area contributed by atoms with Crippen LogP contribution in [-0.4, -0.2) is 42.2 Å². The molecule has 1 saturated heterocycles. The number of ether oxygens (including phenoxy) is 2. The minimum Gasteiger partial charge on any atom is -0.436 e. The summed E-state index contributed by atoms with van der Waals surface area (Å²) in [4.78, 5) is 23.0. The van der Waals surface area contributed by atoms with E-state index in [1.54, 1.807) is 36.7 Å². The minimum atomic E-state index is -0.705. The van der Waals surface area contributed by atoms with Crippen LogP contribution in [0.15, 0.2) is 54.9 Å². The van der Waals surface area contributed by atoms with E-state index in [1.165, 1.54) is 6.07 Å². The molecule has 160 valence electrons. The number of amides is 1. The molecule has 0 unspecified atom stereocenters. The molecule has 1 aliphatic heterocycles. The number of nitrogens with one attached hydrogen (secondary N) is 1. The number of anilines is 1. The third kappa shape index (κ3) is 5.13. The van der Waals surface area contributed by atoms with Crippen LogP contribution in [0, 0.1) is 11.6 Å². The number of halogens is 2. The van der Waals surface area contributed by atoms with Gasteiger partial charge in [0, 0.05) is 49.2 Å². The summed E-state index contributed by atoms with van der Waals surface area (Å²) in [7, 11) is 0. The van der Waals surface area contributed by atoms with Crippen LogP contribution in [0.2, 0.25) is 0 Å². The number of aromatic nitrogens is 2. The summed E-state index contributed by atoms with van der Waals surface area (Å²) in [5.74, 6) is -0.255. The van der Waals surface area contributed by atoms with Gasteiger partial charge < -0.3 is 19.7 Å². The van der Waals surface area contributed by atoms with Crippen molar-refractivity contribution in [2.24, 2.45) is 0 Å². The molecule has 0 aliphatic carbocycles. The highest BCUT2D eigenvalue weighted by Crippen LogP contribution is 2.28. The van der Waals surface area contributed by atoms with Gasteiger partial charge in [-0.25, -0.2) is 18.7 Å². The maximum absolute atomic E-state index is 13.7. The third-order valence-electron chi connectivity index (χ3n) is 4.74. The maximum Gasteiger partial charge on any atom is 0.263 e. The molecule has 0 radical (unpaired) electrons. The van der Waals surface area contributed by atoms with E-state index in [2.05, 4.69) is 15.3 Å². The van der Waals surface area contributed by atoms with Gasteiger partial charge in [0.15, 0.2) is 5.82 Å². The molecule has 2 aromatic carbocycles. The molecule has 0 bridgehead atoms. The SMILES string of the molecule is O=C(NCc1ccc(F)cc1F)c1ccc(Oc2nccnc2N2CCOCC2)cc1. The minimum absolute atomic E-state index is 0.0499. The largest absolute Gasteiger partial charge is 0.436 e. The van der Waals surface area contributed by atoms with E-state index in [0.717, 1.165) is 12.1 Å². The van der Waals surface area contributed by atoms with Crippen molar-refractivity contribution in [2.75, 3.05) is 31.2 Å². The zero-order valence-corrected chi connectivity index (χ0v) is 16.6. The molecular formula is C22H20F2N4O3. The number of hydrogen-bond donors (Lipinski definition) is 1. The van der Waals surface area contributed by atoms with E-state index < -0.39 is 11.6 Å². The van der Waals surface area contributed by atoms with E-state index in [9.17, 15) is 13.6 Å². The summed E-state index contributed by atoms with van der Waals surface area (Å²) in [5.41, 5.74) is 0.579. The van der Waals surface area contributed by atoms with Crippen molar-refractivity contribution in [3.63, 3.8) is 0 Å². The average molecular weight is 426 g/mol. The van der Waals surface area contributed by atoms with Crippen molar-refractivity contribution < 1.29 is 23.0 Å². The highest BCUT2D eigenvalue weighted by molar-refractivity contribution is 5.94. The lowest BCUT2D eigenvalue weighted by Crippen LogP contribution is -2.37. The van der Waals surface area contributed by atoms with Crippen LogP contribution in [0.25, 0.3) is 0 Å². The predicted octanol–water partition coefficient (Wildman–Crippen LogP) is 3.31. The van der Waals surface area contributed by atoms with Gasteiger partial charge in [0.2, 0.25) is 0 Å². The number of nitrogens with zero attached hydrogens (tertiary/aromatic N) is 3. The average Bonchev–Trinajstić information content (AvgIpc) is 2.80. The second-order valence-corrected chi connectivity index (χ2v) is 6.83. The predicted molar refractivity (Wildman–Crippen MR) is 109 cm³/mol. The van der Waals surface area contributed by atoms with Gasteiger partial charge in [-0.2, -0.15) is 0 Å². The van der Waals surface area contributed by atoms with Crippen LogP contribution in [0.5, 0.6) is 11.6 Å². The Morgan fingerprint density at radius 2 is 1.81 bits per heavy atom. The number of rotatable bonds is 6. The standard InChI is InChI=1S/C22H20F2N4O3/c23-17-4-1-16(19(24)13-17)14-27-21(29)15-2-5-18(6-3-15)31-22-20(25-7-8-26-22)28-9-11-30-12-10-28/h1-8,13H,9-12,14H2,(H,27,29). The fraction of sp³-hybridized carbons (Fsp3) is 0.227. The molecule has 4 rings (SSSR count). The Kier molecular flexibility index (Phi) is 6.32. The lowest BCUT2D eigenvalue weighted by Gasteiger charge is -2.28. The molecule has 1 aromatic heterocycles. The number of benzene rings is 2. The van der Waals surface area contributed by atoms with E-state index in [-0.39, 0.29) is 18.0 Å². The fourth-order valence-corrected chi connectivity index (χ4v) is 3.11. The zero-order chi connectivity index (χ0) is 21.6. The fourth-order valence-electron chi connectivity index (χ4n) is 3.11. The topological polar surface area (TPSA) is 76.6 Å². The Labute approximate surface area is 177 Å². The molecule has 1 amide bonds. The molecule has 3 aromatic rings. The van der Waals surface area contributed by atoms with Crippen molar-refractivity contribution in [1.29, 1.82) is 0 Å². The Morgan fingerprint density at radius 3 is 2.55 bits per heavy atom. The summed E-state index contributed by atoms with van der Waals surface area (Å²) in [6, 6.07) is 9.71. The van der Waals surface area contributed by atoms with Crippen molar-refractivity contribution in [3.8, 4) is 11.6 Å². The second kappa shape index (κ2) is 9.48. The molecule has 0 spiro atoms. The molecule has 0 atom stereocenters. The van der Waals surface area contributed by atoms with Crippen LogP contribution >= 0.6 is 0 Å². The van der Waals surface area contributed by atoms with Crippen molar-refractivity contribution in [3.05, 3.63) is 77.6 Å². The first kappa shape index (κ1) is 20.7. The molecule has 31 heavy (non-hydrogen) atoms. The Hall–Kier alpha value is -3.59. The van der Waals surface area contributed by atoms with E-state index in [0.29, 0.717) is 49.3 Å². The summed E-state index contributed by atoms with van der Waals surface area (Å²) >= 11 is 0. The Morgan fingerprint density at radius 1 is 1.06 bits per heavy atom. The maximum atomic E-state index is 13.7. The quantitative estimate of drug-likeness (QED) is 0.652. The highest BCUT2D eigenvalue weighted by Gasteiger charge is 2.18. The summed E-state index contributed by atoms with van der Waals surface area (Å²) in [6.45, 7) is 2.57. The molecule has 0 saturated carbocycles. The smallest absolute Gasteiger partial charge is 0.263 e.